The maximum Gasteiger partial charge on any atom is 0.407 e. The van der Waals surface area contributed by atoms with E-state index in [9.17, 15) is 19.8 Å². The molecule has 1 unspecified atom stereocenters. The van der Waals surface area contributed by atoms with Crippen molar-refractivity contribution >= 4 is 35.2 Å². The number of halogens is 2. The van der Waals surface area contributed by atoms with Crippen molar-refractivity contribution in [3.05, 3.63) is 27.7 Å². The second kappa shape index (κ2) is 8.76. The van der Waals surface area contributed by atoms with Crippen LogP contribution >= 0.6 is 23.2 Å². The zero-order chi connectivity index (χ0) is 20.4. The van der Waals surface area contributed by atoms with Gasteiger partial charge >= 0.3 is 6.09 Å². The van der Waals surface area contributed by atoms with E-state index in [1.54, 1.807) is 4.90 Å². The van der Waals surface area contributed by atoms with Gasteiger partial charge in [-0.25, -0.2) is 4.79 Å². The summed E-state index contributed by atoms with van der Waals surface area (Å²) in [4.78, 5) is 26.9. The number of phenolic OH excluding ortho intramolecular Hbond substituents is 1. The zero-order valence-corrected chi connectivity index (χ0v) is 16.9. The molecular weight excluding hydrogens is 407 g/mol. The molecule has 3 atom stereocenters. The van der Waals surface area contributed by atoms with Crippen LogP contribution in [0, 0.1) is 11.8 Å². The van der Waals surface area contributed by atoms with Crippen LogP contribution in [0.25, 0.3) is 0 Å². The summed E-state index contributed by atoms with van der Waals surface area (Å²) in [5, 5.41) is 30.4. The molecule has 0 saturated carbocycles. The minimum absolute atomic E-state index is 0.0254. The monoisotopic (exact) mass is 430 g/mol. The third kappa shape index (κ3) is 4.31. The third-order valence-electron chi connectivity index (χ3n) is 5.74. The number of hydrogen-bond donors (Lipinski definition) is 3. The van der Waals surface area contributed by atoms with Crippen molar-refractivity contribution in [2.24, 2.45) is 11.8 Å². The van der Waals surface area contributed by atoms with E-state index in [0.29, 0.717) is 45.3 Å². The van der Waals surface area contributed by atoms with Crippen LogP contribution in [0.1, 0.15) is 37.4 Å². The van der Waals surface area contributed by atoms with Crippen LogP contribution < -0.4 is 0 Å². The van der Waals surface area contributed by atoms with Gasteiger partial charge in [0.2, 0.25) is 5.91 Å². The summed E-state index contributed by atoms with van der Waals surface area (Å²) in [6.45, 7) is 1.67. The highest BCUT2D eigenvalue weighted by atomic mass is 35.5. The lowest BCUT2D eigenvalue weighted by Crippen LogP contribution is -2.38. The second-order valence-electron chi connectivity index (χ2n) is 7.47. The predicted molar refractivity (Wildman–Crippen MR) is 105 cm³/mol. The summed E-state index contributed by atoms with van der Waals surface area (Å²) >= 11 is 12.2. The molecule has 1 aromatic carbocycles. The van der Waals surface area contributed by atoms with Gasteiger partial charge in [-0.2, -0.15) is 0 Å². The first-order valence-electron chi connectivity index (χ1n) is 9.41. The van der Waals surface area contributed by atoms with Crippen molar-refractivity contribution in [3.8, 4) is 5.75 Å². The van der Waals surface area contributed by atoms with E-state index >= 15 is 0 Å². The summed E-state index contributed by atoms with van der Waals surface area (Å²) in [6, 6.07) is 2.89. The Morgan fingerprint density at radius 2 is 1.79 bits per heavy atom. The number of hydrogen-bond acceptors (Lipinski definition) is 4. The minimum Gasteiger partial charge on any atom is -0.508 e. The first-order valence-corrected chi connectivity index (χ1v) is 10.2. The number of amides is 2. The zero-order valence-electron chi connectivity index (χ0n) is 15.4. The topological polar surface area (TPSA) is 101 Å². The van der Waals surface area contributed by atoms with Gasteiger partial charge in [0.05, 0.1) is 22.1 Å². The summed E-state index contributed by atoms with van der Waals surface area (Å²) in [6.07, 6.45) is 0.522. The normalized spacial score (nSPS) is 24.1. The molecule has 0 spiro atoms. The number of nitrogens with zero attached hydrogens (tertiary/aromatic N) is 2. The molecule has 2 fully saturated rings. The maximum absolute atomic E-state index is 12.8. The van der Waals surface area contributed by atoms with E-state index in [2.05, 4.69) is 0 Å². The van der Waals surface area contributed by atoms with E-state index in [1.807, 2.05) is 0 Å². The fourth-order valence-corrected chi connectivity index (χ4v) is 4.56. The standard InChI is InChI=1S/C19H24Cl2N2O5/c20-13-3-4-14(24)15(16(13)21)17(25)11-2-1-7-22(8-5-11)18(26)12-6-9-23(10-12)19(27)28/h3-4,11-12,17,24-25H,1-2,5-10H2,(H,27,28)/t11-,12-,17?/m0/s1. The quantitative estimate of drug-likeness (QED) is 0.682. The molecule has 2 saturated heterocycles. The Kier molecular flexibility index (Phi) is 6.58. The molecule has 3 rings (SSSR count). The van der Waals surface area contributed by atoms with Gasteiger partial charge in [-0.15, -0.1) is 0 Å². The van der Waals surface area contributed by atoms with Crippen LogP contribution in [0.5, 0.6) is 5.75 Å². The Labute approximate surface area is 173 Å². The highest BCUT2D eigenvalue weighted by molar-refractivity contribution is 6.42. The molecular formula is C19H24Cl2N2O5. The summed E-state index contributed by atoms with van der Waals surface area (Å²) < 4.78 is 0. The van der Waals surface area contributed by atoms with E-state index in [0.717, 1.165) is 0 Å². The smallest absolute Gasteiger partial charge is 0.407 e. The molecule has 7 nitrogen and oxygen atoms in total. The SMILES string of the molecule is O=C(O)N1CC[C@H](C(=O)N2CCC[C@H](C(O)c3c(O)ccc(Cl)c3Cl)CC2)C1. The molecule has 2 heterocycles. The lowest BCUT2D eigenvalue weighted by atomic mass is 9.89. The van der Waals surface area contributed by atoms with Crippen molar-refractivity contribution in [2.45, 2.75) is 31.8 Å². The number of benzene rings is 1. The van der Waals surface area contributed by atoms with Crippen molar-refractivity contribution in [1.29, 1.82) is 0 Å². The summed E-state index contributed by atoms with van der Waals surface area (Å²) in [5.74, 6) is -0.593. The summed E-state index contributed by atoms with van der Waals surface area (Å²) in [7, 11) is 0. The number of aliphatic hydroxyl groups is 1. The number of carbonyl (C=O) groups excluding carboxylic acids is 1. The van der Waals surface area contributed by atoms with Crippen LogP contribution in [-0.2, 0) is 4.79 Å². The fraction of sp³-hybridized carbons (Fsp3) is 0.579. The van der Waals surface area contributed by atoms with Crippen molar-refractivity contribution < 1.29 is 24.9 Å². The van der Waals surface area contributed by atoms with Gasteiger partial charge in [-0.3, -0.25) is 4.79 Å². The molecule has 154 valence electrons. The Balaban J connectivity index is 1.65. The largest absolute Gasteiger partial charge is 0.508 e. The van der Waals surface area contributed by atoms with E-state index in [4.69, 9.17) is 28.3 Å². The molecule has 2 aliphatic rings. The Morgan fingerprint density at radius 3 is 2.46 bits per heavy atom. The molecule has 0 radical (unpaired) electrons. The van der Waals surface area contributed by atoms with Gasteiger partial charge in [-0.05, 0) is 43.7 Å². The van der Waals surface area contributed by atoms with Crippen LogP contribution in [0.15, 0.2) is 12.1 Å². The molecule has 3 N–H and O–H groups in total. The van der Waals surface area contributed by atoms with E-state index < -0.39 is 12.2 Å². The lowest BCUT2D eigenvalue weighted by Gasteiger charge is -2.25. The molecule has 0 aliphatic carbocycles. The first kappa shape index (κ1) is 21.0. The number of phenols is 1. The van der Waals surface area contributed by atoms with E-state index in [1.165, 1.54) is 17.0 Å². The van der Waals surface area contributed by atoms with Crippen molar-refractivity contribution in [3.63, 3.8) is 0 Å². The third-order valence-corrected chi connectivity index (χ3v) is 6.56. The van der Waals surface area contributed by atoms with Gasteiger partial charge in [0, 0.05) is 31.7 Å². The number of likely N-dealkylation sites (tertiary alicyclic amines) is 2. The highest BCUT2D eigenvalue weighted by Gasteiger charge is 2.35. The number of carbonyl (C=O) groups is 2. The number of aromatic hydroxyl groups is 1. The number of rotatable bonds is 3. The van der Waals surface area contributed by atoms with Gasteiger partial charge in [0.15, 0.2) is 0 Å². The van der Waals surface area contributed by atoms with Crippen LogP contribution in [-0.4, -0.2) is 63.3 Å². The average Bonchev–Trinajstić information content (AvgIpc) is 3.03. The Bertz CT molecular complexity index is 760. The molecule has 0 bridgehead atoms. The van der Waals surface area contributed by atoms with Crippen molar-refractivity contribution in [1.82, 2.24) is 9.80 Å². The minimum atomic E-state index is -0.993. The Hall–Kier alpha value is -1.70. The fourth-order valence-electron chi connectivity index (χ4n) is 4.13. The molecule has 0 aromatic heterocycles. The van der Waals surface area contributed by atoms with E-state index in [-0.39, 0.29) is 45.6 Å². The van der Waals surface area contributed by atoms with Gasteiger partial charge in [0.1, 0.15) is 5.75 Å². The van der Waals surface area contributed by atoms with Crippen LogP contribution in [0.3, 0.4) is 0 Å². The molecule has 2 aliphatic heterocycles. The van der Waals surface area contributed by atoms with Crippen LogP contribution in [0.2, 0.25) is 10.0 Å². The maximum atomic E-state index is 12.8. The highest BCUT2D eigenvalue weighted by Crippen LogP contribution is 2.42. The van der Waals surface area contributed by atoms with Crippen LogP contribution in [0.4, 0.5) is 4.79 Å². The number of carboxylic acid groups (broad SMARTS) is 1. The second-order valence-corrected chi connectivity index (χ2v) is 8.25. The average molecular weight is 431 g/mol. The van der Waals surface area contributed by atoms with Gasteiger partial charge in [-0.1, -0.05) is 23.2 Å². The molecule has 9 heteroatoms. The van der Waals surface area contributed by atoms with Crippen molar-refractivity contribution in [2.75, 3.05) is 26.2 Å². The summed E-state index contributed by atoms with van der Waals surface area (Å²) in [5.41, 5.74) is 0.229. The molecule has 1 aromatic rings. The van der Waals surface area contributed by atoms with Gasteiger partial charge < -0.3 is 25.1 Å². The molecule has 28 heavy (non-hydrogen) atoms. The van der Waals surface area contributed by atoms with Gasteiger partial charge in [0.25, 0.3) is 0 Å². The molecule has 2 amide bonds. The number of aliphatic hydroxyl groups excluding tert-OH is 1. The first-order chi connectivity index (χ1) is 13.3. The predicted octanol–water partition coefficient (Wildman–Crippen LogP) is 3.36. The lowest BCUT2D eigenvalue weighted by molar-refractivity contribution is -0.135. The Morgan fingerprint density at radius 1 is 1.07 bits per heavy atom.